The number of aliphatic hydroxyl groups excluding tert-OH is 1. The summed E-state index contributed by atoms with van der Waals surface area (Å²) in [7, 11) is 0. The van der Waals surface area contributed by atoms with E-state index in [9.17, 15) is 9.90 Å². The number of para-hydroxylation sites is 1. The van der Waals surface area contributed by atoms with Crippen molar-refractivity contribution in [3.05, 3.63) is 65.2 Å². The molecule has 4 nitrogen and oxygen atoms in total. The van der Waals surface area contributed by atoms with E-state index in [4.69, 9.17) is 4.74 Å². The number of benzene rings is 2. The Balaban J connectivity index is 1.50. The lowest BCUT2D eigenvalue weighted by Crippen LogP contribution is -2.42. The van der Waals surface area contributed by atoms with E-state index in [1.54, 1.807) is 0 Å². The Kier molecular flexibility index (Phi) is 3.12. The van der Waals surface area contributed by atoms with E-state index in [2.05, 4.69) is 5.32 Å². The molecular weight excluding hydrogens is 278 g/mol. The maximum atomic E-state index is 12.5. The third kappa shape index (κ3) is 2.16. The van der Waals surface area contributed by atoms with Crippen LogP contribution in [-0.2, 0) is 17.6 Å². The Morgan fingerprint density at radius 1 is 1.05 bits per heavy atom. The van der Waals surface area contributed by atoms with Crippen LogP contribution in [0.25, 0.3) is 0 Å². The number of rotatable bonds is 2. The average Bonchev–Trinajstić information content (AvgIpc) is 3.09. The minimum atomic E-state index is -0.579. The molecule has 0 aromatic heterocycles. The fourth-order valence-electron chi connectivity index (χ4n) is 3.32. The maximum absolute atomic E-state index is 12.5. The molecule has 1 aliphatic carbocycles. The lowest BCUT2D eigenvalue weighted by Gasteiger charge is -2.20. The normalized spacial score (nSPS) is 25.2. The minimum Gasteiger partial charge on any atom is -0.480 e. The highest BCUT2D eigenvalue weighted by Crippen LogP contribution is 2.32. The van der Waals surface area contributed by atoms with E-state index in [0.29, 0.717) is 12.8 Å². The summed E-state index contributed by atoms with van der Waals surface area (Å²) in [6, 6.07) is 15.2. The van der Waals surface area contributed by atoms with Gasteiger partial charge in [0.2, 0.25) is 0 Å². The van der Waals surface area contributed by atoms with Crippen molar-refractivity contribution in [3.8, 4) is 5.75 Å². The molecule has 1 unspecified atom stereocenters. The van der Waals surface area contributed by atoms with E-state index in [1.165, 1.54) is 0 Å². The van der Waals surface area contributed by atoms with Gasteiger partial charge in [-0.15, -0.1) is 0 Å². The van der Waals surface area contributed by atoms with Crippen LogP contribution in [0.15, 0.2) is 48.5 Å². The topological polar surface area (TPSA) is 58.6 Å². The lowest BCUT2D eigenvalue weighted by molar-refractivity contribution is -0.128. The summed E-state index contributed by atoms with van der Waals surface area (Å²) in [6.45, 7) is 0. The summed E-state index contributed by atoms with van der Waals surface area (Å²) in [5.41, 5.74) is 3.14. The van der Waals surface area contributed by atoms with Crippen LogP contribution < -0.4 is 10.1 Å². The van der Waals surface area contributed by atoms with Gasteiger partial charge in [0.1, 0.15) is 5.75 Å². The molecule has 0 saturated heterocycles. The zero-order chi connectivity index (χ0) is 15.1. The van der Waals surface area contributed by atoms with E-state index in [-0.39, 0.29) is 11.9 Å². The summed E-state index contributed by atoms with van der Waals surface area (Å²) in [5, 5.41) is 13.2. The number of hydrogen-bond donors (Lipinski definition) is 2. The van der Waals surface area contributed by atoms with Gasteiger partial charge >= 0.3 is 0 Å². The van der Waals surface area contributed by atoms with Gasteiger partial charge in [0.25, 0.3) is 5.91 Å². The van der Waals surface area contributed by atoms with Crippen LogP contribution in [0, 0.1) is 0 Å². The van der Waals surface area contributed by atoms with Gasteiger partial charge in [-0.25, -0.2) is 0 Å². The van der Waals surface area contributed by atoms with Crippen LogP contribution in [0.5, 0.6) is 5.75 Å². The minimum absolute atomic E-state index is 0.169. The second-order valence-electron chi connectivity index (χ2n) is 5.87. The van der Waals surface area contributed by atoms with Crippen LogP contribution in [0.4, 0.5) is 0 Å². The number of hydrogen-bond acceptors (Lipinski definition) is 3. The number of nitrogens with one attached hydrogen (secondary N) is 1. The van der Waals surface area contributed by atoms with Gasteiger partial charge in [-0.2, -0.15) is 0 Å². The predicted octanol–water partition coefficient (Wildman–Crippen LogP) is 1.76. The highest BCUT2D eigenvalue weighted by molar-refractivity contribution is 5.83. The quantitative estimate of drug-likeness (QED) is 0.887. The van der Waals surface area contributed by atoms with E-state index < -0.39 is 12.2 Å². The predicted molar refractivity (Wildman–Crippen MR) is 81.6 cm³/mol. The maximum Gasteiger partial charge on any atom is 0.262 e. The van der Waals surface area contributed by atoms with Crippen molar-refractivity contribution in [2.24, 2.45) is 0 Å². The second kappa shape index (κ2) is 5.14. The van der Waals surface area contributed by atoms with Crippen molar-refractivity contribution in [2.75, 3.05) is 0 Å². The van der Waals surface area contributed by atoms with Crippen molar-refractivity contribution >= 4 is 5.91 Å². The number of aliphatic hydroxyl groups is 1. The smallest absolute Gasteiger partial charge is 0.262 e. The van der Waals surface area contributed by atoms with Crippen molar-refractivity contribution in [3.63, 3.8) is 0 Å². The standard InChI is InChI=1S/C18H17NO3/c20-14-9-11-5-1-3-7-13(11)17(14)19-18(21)16-10-12-6-2-4-8-15(12)22-16/h1-8,14,16-17,20H,9-10H2,(H,19,21)/t14-,16?,17+/m1/s1. The molecule has 2 N–H and O–H groups in total. The zero-order valence-corrected chi connectivity index (χ0v) is 12.0. The zero-order valence-electron chi connectivity index (χ0n) is 12.0. The van der Waals surface area contributed by atoms with Gasteiger partial charge in [0.15, 0.2) is 6.10 Å². The first kappa shape index (κ1) is 13.3. The molecule has 0 fully saturated rings. The largest absolute Gasteiger partial charge is 0.480 e. The third-order valence-electron chi connectivity index (χ3n) is 4.44. The Morgan fingerprint density at radius 3 is 2.59 bits per heavy atom. The molecule has 3 atom stereocenters. The highest BCUT2D eigenvalue weighted by Gasteiger charge is 2.35. The molecule has 1 aliphatic heterocycles. The van der Waals surface area contributed by atoms with Gasteiger partial charge in [0, 0.05) is 12.8 Å². The first-order valence-corrected chi connectivity index (χ1v) is 7.53. The van der Waals surface area contributed by atoms with Crippen LogP contribution in [-0.4, -0.2) is 23.2 Å². The van der Waals surface area contributed by atoms with Crippen molar-refractivity contribution in [2.45, 2.75) is 31.1 Å². The summed E-state index contributed by atoms with van der Waals surface area (Å²) < 4.78 is 5.71. The summed E-state index contributed by atoms with van der Waals surface area (Å²) in [5.74, 6) is 0.604. The summed E-state index contributed by atoms with van der Waals surface area (Å²) in [4.78, 5) is 12.5. The van der Waals surface area contributed by atoms with Gasteiger partial charge in [-0.1, -0.05) is 42.5 Å². The Morgan fingerprint density at radius 2 is 1.77 bits per heavy atom. The lowest BCUT2D eigenvalue weighted by atomic mass is 10.1. The van der Waals surface area contributed by atoms with Gasteiger partial charge < -0.3 is 15.2 Å². The summed E-state index contributed by atoms with van der Waals surface area (Å²) >= 11 is 0. The molecule has 1 heterocycles. The van der Waals surface area contributed by atoms with E-state index >= 15 is 0 Å². The summed E-state index contributed by atoms with van der Waals surface area (Å²) in [6.07, 6.45) is 0.0572. The molecule has 4 heteroatoms. The molecule has 0 bridgehead atoms. The van der Waals surface area contributed by atoms with Gasteiger partial charge in [-0.05, 0) is 22.8 Å². The molecule has 0 spiro atoms. The molecule has 4 rings (SSSR count). The first-order valence-electron chi connectivity index (χ1n) is 7.53. The number of amides is 1. The Hall–Kier alpha value is -2.33. The van der Waals surface area contributed by atoms with Crippen LogP contribution in [0.2, 0.25) is 0 Å². The van der Waals surface area contributed by atoms with E-state index in [0.717, 1.165) is 22.4 Å². The third-order valence-corrected chi connectivity index (χ3v) is 4.44. The highest BCUT2D eigenvalue weighted by atomic mass is 16.5. The van der Waals surface area contributed by atoms with Crippen molar-refractivity contribution in [1.29, 1.82) is 0 Å². The fourth-order valence-corrected chi connectivity index (χ4v) is 3.32. The fraction of sp³-hybridized carbons (Fsp3) is 0.278. The van der Waals surface area contributed by atoms with Gasteiger partial charge in [-0.3, -0.25) is 4.79 Å². The first-order chi connectivity index (χ1) is 10.7. The molecule has 22 heavy (non-hydrogen) atoms. The molecular formula is C18H17NO3. The van der Waals surface area contributed by atoms with Crippen LogP contribution in [0.1, 0.15) is 22.7 Å². The van der Waals surface area contributed by atoms with Crippen molar-refractivity contribution < 1.29 is 14.6 Å². The Bertz CT molecular complexity index is 703. The molecule has 2 aromatic carbocycles. The SMILES string of the molecule is O=C(N[C@H]1c2ccccc2C[C@H]1O)C1Cc2ccccc2O1. The van der Waals surface area contributed by atoms with Crippen molar-refractivity contribution in [1.82, 2.24) is 5.32 Å². The number of fused-ring (bicyclic) bond motifs is 2. The number of ether oxygens (including phenoxy) is 1. The number of carbonyl (C=O) groups excluding carboxylic acids is 1. The van der Waals surface area contributed by atoms with Gasteiger partial charge in [0.05, 0.1) is 12.1 Å². The second-order valence-corrected chi connectivity index (χ2v) is 5.87. The molecule has 112 valence electrons. The van der Waals surface area contributed by atoms with E-state index in [1.807, 2.05) is 48.5 Å². The average molecular weight is 295 g/mol. The van der Waals surface area contributed by atoms with Crippen LogP contribution in [0.3, 0.4) is 0 Å². The van der Waals surface area contributed by atoms with Crippen LogP contribution >= 0.6 is 0 Å². The molecule has 2 aliphatic rings. The monoisotopic (exact) mass is 295 g/mol. The molecule has 0 radical (unpaired) electrons. The number of carbonyl (C=O) groups is 1. The molecule has 0 saturated carbocycles. The molecule has 1 amide bonds. The Labute approximate surface area is 128 Å². The molecule has 2 aromatic rings.